The molecular formula is C28H35N5O5. The molecule has 10 heteroatoms. The number of methoxy groups -OCH3 is 1. The van der Waals surface area contributed by atoms with Crippen molar-refractivity contribution >= 4 is 23.7 Å². The van der Waals surface area contributed by atoms with Crippen LogP contribution in [0.2, 0.25) is 0 Å². The lowest BCUT2D eigenvalue weighted by Crippen LogP contribution is -2.47. The molecule has 0 atom stereocenters. The number of benzene rings is 2. The second-order valence-electron chi connectivity index (χ2n) is 9.07. The van der Waals surface area contributed by atoms with Gasteiger partial charge in [-0.2, -0.15) is 5.10 Å². The van der Waals surface area contributed by atoms with Gasteiger partial charge in [0, 0.05) is 12.1 Å². The van der Waals surface area contributed by atoms with Crippen LogP contribution in [0.4, 0.5) is 10.6 Å². The molecule has 10 nitrogen and oxygen atoms in total. The van der Waals surface area contributed by atoms with Crippen molar-refractivity contribution < 1.29 is 23.9 Å². The molecule has 0 bridgehead atoms. The zero-order valence-corrected chi connectivity index (χ0v) is 22.5. The van der Waals surface area contributed by atoms with Gasteiger partial charge in [0.15, 0.2) is 0 Å². The van der Waals surface area contributed by atoms with Crippen LogP contribution in [0.5, 0.6) is 5.75 Å². The number of nitrogens with one attached hydrogen (secondary N) is 2. The summed E-state index contributed by atoms with van der Waals surface area (Å²) in [5.74, 6) is 0.345. The Kier molecular flexibility index (Phi) is 9.86. The highest BCUT2D eigenvalue weighted by atomic mass is 16.5. The molecular weight excluding hydrogens is 486 g/mol. The molecule has 3 aromatic rings. The largest absolute Gasteiger partial charge is 0.497 e. The number of amides is 3. The summed E-state index contributed by atoms with van der Waals surface area (Å²) in [5, 5.41) is 10.2. The number of carbonyl (C=O) groups excluding carboxylic acids is 3. The standard InChI is InChI=1S/C28H35N5O5/c1-6-38-25(35)16-29-28(36)32(17-19(2)3)18-24(34)30-27-26(21-10-8-7-9-11-21)20(4)31-33(27)22-12-14-23(37-5)15-13-22/h7-15,19H,6,16-18H2,1-5H3,(H,29,36)(H,30,34). The maximum absolute atomic E-state index is 13.3. The van der Waals surface area contributed by atoms with Crippen LogP contribution >= 0.6 is 0 Å². The Labute approximate surface area is 222 Å². The monoisotopic (exact) mass is 521 g/mol. The first kappa shape index (κ1) is 28.2. The van der Waals surface area contributed by atoms with Gasteiger partial charge in [0.1, 0.15) is 24.7 Å². The van der Waals surface area contributed by atoms with E-state index < -0.39 is 17.9 Å². The van der Waals surface area contributed by atoms with Gasteiger partial charge in [-0.3, -0.25) is 9.59 Å². The zero-order chi connectivity index (χ0) is 27.7. The van der Waals surface area contributed by atoms with Crippen LogP contribution in [0, 0.1) is 12.8 Å². The molecule has 0 saturated carbocycles. The second kappa shape index (κ2) is 13.3. The minimum atomic E-state index is -0.541. The van der Waals surface area contributed by atoms with E-state index in [1.54, 1.807) is 18.7 Å². The molecule has 1 heterocycles. The fourth-order valence-corrected chi connectivity index (χ4v) is 3.98. The van der Waals surface area contributed by atoms with E-state index in [0.717, 1.165) is 22.5 Å². The Balaban J connectivity index is 1.90. The van der Waals surface area contributed by atoms with E-state index in [0.29, 0.717) is 18.1 Å². The Morgan fingerprint density at radius 3 is 2.34 bits per heavy atom. The topological polar surface area (TPSA) is 115 Å². The van der Waals surface area contributed by atoms with Gasteiger partial charge < -0.3 is 25.0 Å². The molecule has 1 aromatic heterocycles. The van der Waals surface area contributed by atoms with E-state index >= 15 is 0 Å². The highest BCUT2D eigenvalue weighted by Gasteiger charge is 2.23. The summed E-state index contributed by atoms with van der Waals surface area (Å²) < 4.78 is 11.8. The predicted octanol–water partition coefficient (Wildman–Crippen LogP) is 4.03. The van der Waals surface area contributed by atoms with Crippen LogP contribution < -0.4 is 15.4 Å². The summed E-state index contributed by atoms with van der Waals surface area (Å²) >= 11 is 0. The number of hydrogen-bond donors (Lipinski definition) is 2. The van der Waals surface area contributed by atoms with Crippen LogP contribution in [0.15, 0.2) is 54.6 Å². The van der Waals surface area contributed by atoms with E-state index in [4.69, 9.17) is 14.6 Å². The van der Waals surface area contributed by atoms with E-state index in [9.17, 15) is 14.4 Å². The van der Waals surface area contributed by atoms with Gasteiger partial charge >= 0.3 is 12.0 Å². The number of anilines is 1. The first-order chi connectivity index (χ1) is 18.2. The first-order valence-corrected chi connectivity index (χ1v) is 12.5. The fraction of sp³-hybridized carbons (Fsp3) is 0.357. The summed E-state index contributed by atoms with van der Waals surface area (Å²) in [6, 6.07) is 16.5. The number of nitrogens with zero attached hydrogens (tertiary/aromatic N) is 3. The van der Waals surface area contributed by atoms with Crippen molar-refractivity contribution in [3.63, 3.8) is 0 Å². The van der Waals surface area contributed by atoms with Gasteiger partial charge in [-0.25, -0.2) is 9.48 Å². The van der Waals surface area contributed by atoms with Crippen molar-refractivity contribution in [2.75, 3.05) is 38.7 Å². The van der Waals surface area contributed by atoms with Crippen molar-refractivity contribution in [1.29, 1.82) is 0 Å². The summed E-state index contributed by atoms with van der Waals surface area (Å²) in [7, 11) is 1.60. The number of hydrogen-bond acceptors (Lipinski definition) is 6. The Morgan fingerprint density at radius 2 is 1.74 bits per heavy atom. The quantitative estimate of drug-likeness (QED) is 0.368. The summed E-state index contributed by atoms with van der Waals surface area (Å²) in [6.07, 6.45) is 0. The molecule has 202 valence electrons. The van der Waals surface area contributed by atoms with E-state index in [2.05, 4.69) is 10.6 Å². The molecule has 0 saturated heterocycles. The molecule has 0 aliphatic heterocycles. The fourth-order valence-electron chi connectivity index (χ4n) is 3.98. The molecule has 0 radical (unpaired) electrons. The number of aromatic nitrogens is 2. The summed E-state index contributed by atoms with van der Waals surface area (Å²) in [4.78, 5) is 39.2. The van der Waals surface area contributed by atoms with Crippen LogP contribution in [0.25, 0.3) is 16.8 Å². The molecule has 3 rings (SSSR count). The maximum Gasteiger partial charge on any atom is 0.325 e. The van der Waals surface area contributed by atoms with Crippen LogP contribution in [0.3, 0.4) is 0 Å². The van der Waals surface area contributed by atoms with Crippen LogP contribution in [-0.4, -0.2) is 65.9 Å². The summed E-state index contributed by atoms with van der Waals surface area (Å²) in [5.41, 5.74) is 3.13. The van der Waals surface area contributed by atoms with Crippen LogP contribution in [-0.2, 0) is 14.3 Å². The Bertz CT molecular complexity index is 1240. The lowest BCUT2D eigenvalue weighted by molar-refractivity contribution is -0.141. The van der Waals surface area contributed by atoms with Crippen molar-refractivity contribution in [2.45, 2.75) is 27.7 Å². The molecule has 3 amide bonds. The van der Waals surface area contributed by atoms with E-state index in [1.165, 1.54) is 4.90 Å². The van der Waals surface area contributed by atoms with Gasteiger partial charge in [0.25, 0.3) is 0 Å². The molecule has 0 aliphatic carbocycles. The van der Waals surface area contributed by atoms with Gasteiger partial charge in [0.2, 0.25) is 5.91 Å². The number of ether oxygens (including phenoxy) is 2. The smallest absolute Gasteiger partial charge is 0.325 e. The molecule has 0 unspecified atom stereocenters. The molecule has 2 N–H and O–H groups in total. The third kappa shape index (κ3) is 7.34. The third-order valence-corrected chi connectivity index (χ3v) is 5.59. The first-order valence-electron chi connectivity index (χ1n) is 12.5. The van der Waals surface area contributed by atoms with Crippen molar-refractivity contribution in [1.82, 2.24) is 20.0 Å². The Morgan fingerprint density at radius 1 is 1.05 bits per heavy atom. The van der Waals surface area contributed by atoms with Gasteiger partial charge in [-0.1, -0.05) is 44.2 Å². The molecule has 0 aliphatic rings. The van der Waals surface area contributed by atoms with Crippen molar-refractivity contribution in [3.8, 4) is 22.6 Å². The van der Waals surface area contributed by atoms with Crippen molar-refractivity contribution in [2.24, 2.45) is 5.92 Å². The lowest BCUT2D eigenvalue weighted by Gasteiger charge is -2.24. The predicted molar refractivity (Wildman–Crippen MR) is 145 cm³/mol. The lowest BCUT2D eigenvalue weighted by atomic mass is 10.1. The molecule has 2 aromatic carbocycles. The third-order valence-electron chi connectivity index (χ3n) is 5.59. The van der Waals surface area contributed by atoms with Crippen LogP contribution in [0.1, 0.15) is 26.5 Å². The van der Waals surface area contributed by atoms with Gasteiger partial charge in [-0.15, -0.1) is 0 Å². The van der Waals surface area contributed by atoms with E-state index in [1.807, 2.05) is 75.4 Å². The normalized spacial score (nSPS) is 10.7. The minimum Gasteiger partial charge on any atom is -0.497 e. The number of aryl methyl sites for hydroxylation is 1. The Hall–Kier alpha value is -4.34. The second-order valence-corrected chi connectivity index (χ2v) is 9.07. The molecule has 38 heavy (non-hydrogen) atoms. The average molecular weight is 522 g/mol. The van der Waals surface area contributed by atoms with Crippen molar-refractivity contribution in [3.05, 3.63) is 60.3 Å². The molecule has 0 spiro atoms. The maximum atomic E-state index is 13.3. The van der Waals surface area contributed by atoms with Gasteiger partial charge in [0.05, 0.1) is 25.1 Å². The zero-order valence-electron chi connectivity index (χ0n) is 22.5. The van der Waals surface area contributed by atoms with E-state index in [-0.39, 0.29) is 25.6 Å². The highest BCUT2D eigenvalue weighted by Crippen LogP contribution is 2.33. The average Bonchev–Trinajstić information content (AvgIpc) is 3.22. The SMILES string of the molecule is CCOC(=O)CNC(=O)N(CC(=O)Nc1c(-c2ccccc2)c(C)nn1-c1ccc(OC)cc1)CC(C)C. The summed E-state index contributed by atoms with van der Waals surface area (Å²) in [6.45, 7) is 7.52. The number of esters is 1. The molecule has 0 fully saturated rings. The number of carbonyl (C=O) groups is 3. The number of rotatable bonds is 11. The minimum absolute atomic E-state index is 0.100. The highest BCUT2D eigenvalue weighted by molar-refractivity contribution is 5.98. The number of urea groups is 1. The van der Waals surface area contributed by atoms with Gasteiger partial charge in [-0.05, 0) is 49.6 Å².